The molecule has 4 nitrogen and oxygen atoms in total. The van der Waals surface area contributed by atoms with Gasteiger partial charge in [0.25, 0.3) is 0 Å². The molecule has 0 aliphatic rings. The summed E-state index contributed by atoms with van der Waals surface area (Å²) in [5.41, 5.74) is 0. The smallest absolute Gasteiger partial charge is 0.225 e. The van der Waals surface area contributed by atoms with Crippen molar-refractivity contribution in [2.45, 2.75) is 32.9 Å². The van der Waals surface area contributed by atoms with Crippen LogP contribution in [0.15, 0.2) is 0 Å². The Morgan fingerprint density at radius 2 is 2.12 bits per heavy atom. The van der Waals surface area contributed by atoms with Gasteiger partial charge in [-0.25, -0.2) is 5.10 Å². The van der Waals surface area contributed by atoms with Crippen molar-refractivity contribution in [1.29, 1.82) is 0 Å². The van der Waals surface area contributed by atoms with Crippen molar-refractivity contribution >= 4 is 29.9 Å². The average molecular weight is 260 g/mol. The summed E-state index contributed by atoms with van der Waals surface area (Å²) in [6.07, 6.45) is 2.11. The Morgan fingerprint density at radius 3 is 2.62 bits per heavy atom. The second kappa shape index (κ2) is 5.72. The molecule has 0 amide bonds. The van der Waals surface area contributed by atoms with Crippen molar-refractivity contribution in [2.75, 3.05) is 24.0 Å². The minimum atomic E-state index is 0.324. The van der Waals surface area contributed by atoms with Gasteiger partial charge in [-0.2, -0.15) is 11.8 Å². The molecule has 0 aliphatic heterocycles. The summed E-state index contributed by atoms with van der Waals surface area (Å²) in [6, 6.07) is 0.767. The van der Waals surface area contributed by atoms with Crippen LogP contribution < -0.4 is 4.90 Å². The van der Waals surface area contributed by atoms with E-state index in [1.165, 1.54) is 0 Å². The Kier molecular flexibility index (Phi) is 4.86. The fourth-order valence-electron chi connectivity index (χ4n) is 1.56. The molecule has 0 aliphatic carbocycles. The van der Waals surface area contributed by atoms with Gasteiger partial charge in [0, 0.05) is 24.9 Å². The zero-order chi connectivity index (χ0) is 12.3. The molecule has 0 spiro atoms. The molecule has 1 atom stereocenters. The van der Waals surface area contributed by atoms with Crippen LogP contribution in [0.5, 0.6) is 0 Å². The van der Waals surface area contributed by atoms with Crippen molar-refractivity contribution in [3.63, 3.8) is 0 Å². The van der Waals surface area contributed by atoms with E-state index in [1.807, 2.05) is 16.3 Å². The van der Waals surface area contributed by atoms with Crippen LogP contribution in [-0.4, -0.2) is 39.9 Å². The van der Waals surface area contributed by atoms with Gasteiger partial charge in [-0.1, -0.05) is 0 Å². The van der Waals surface area contributed by atoms with E-state index < -0.39 is 0 Å². The molecule has 1 heterocycles. The normalized spacial score (nSPS) is 13.1. The zero-order valence-corrected chi connectivity index (χ0v) is 12.2. The number of nitrogens with one attached hydrogen (secondary N) is 1. The maximum absolute atomic E-state index is 5.23. The van der Waals surface area contributed by atoms with E-state index in [0.717, 1.165) is 11.7 Å². The number of nitrogens with zero attached hydrogens (tertiary/aromatic N) is 3. The highest BCUT2D eigenvalue weighted by atomic mass is 32.2. The average Bonchev–Trinajstić information content (AvgIpc) is 2.59. The molecule has 0 saturated carbocycles. The van der Waals surface area contributed by atoms with Crippen LogP contribution in [0, 0.1) is 4.77 Å². The quantitative estimate of drug-likeness (QED) is 0.826. The Morgan fingerprint density at radius 1 is 1.50 bits per heavy atom. The van der Waals surface area contributed by atoms with Gasteiger partial charge < -0.3 is 4.90 Å². The second-order valence-electron chi connectivity index (χ2n) is 4.21. The number of rotatable bonds is 5. The lowest BCUT2D eigenvalue weighted by Gasteiger charge is -2.26. The lowest BCUT2D eigenvalue weighted by Crippen LogP contribution is -2.33. The largest absolute Gasteiger partial charge is 0.340 e. The number of thioether (sulfide) groups is 1. The third-order valence-electron chi connectivity index (χ3n) is 2.59. The highest BCUT2D eigenvalue weighted by molar-refractivity contribution is 7.98. The molecule has 1 rings (SSSR count). The summed E-state index contributed by atoms with van der Waals surface area (Å²) in [4.78, 5) is 2.17. The highest BCUT2D eigenvalue weighted by Crippen LogP contribution is 2.19. The molecule has 1 unspecified atom stereocenters. The van der Waals surface area contributed by atoms with Crippen molar-refractivity contribution in [1.82, 2.24) is 14.8 Å². The van der Waals surface area contributed by atoms with Gasteiger partial charge in [-0.05, 0) is 39.2 Å². The van der Waals surface area contributed by atoms with Crippen LogP contribution in [-0.2, 0) is 0 Å². The van der Waals surface area contributed by atoms with Gasteiger partial charge >= 0.3 is 0 Å². The summed E-state index contributed by atoms with van der Waals surface area (Å²) in [5, 5.41) is 7.17. The van der Waals surface area contributed by atoms with Gasteiger partial charge in [-0.3, -0.25) is 4.57 Å². The first-order valence-electron chi connectivity index (χ1n) is 5.37. The molecule has 1 aromatic heterocycles. The van der Waals surface area contributed by atoms with Crippen LogP contribution in [0.4, 0.5) is 5.95 Å². The predicted molar refractivity (Wildman–Crippen MR) is 74.0 cm³/mol. The second-order valence-corrected chi connectivity index (χ2v) is 5.51. The molecule has 0 aromatic carbocycles. The fraction of sp³-hybridized carbons (Fsp3) is 0.800. The van der Waals surface area contributed by atoms with Crippen molar-refractivity contribution < 1.29 is 0 Å². The molecular weight excluding hydrogens is 240 g/mol. The van der Waals surface area contributed by atoms with Crippen LogP contribution in [0.25, 0.3) is 0 Å². The fourth-order valence-corrected chi connectivity index (χ4v) is 2.60. The topological polar surface area (TPSA) is 36.9 Å². The molecule has 16 heavy (non-hydrogen) atoms. The van der Waals surface area contributed by atoms with E-state index in [0.29, 0.717) is 16.9 Å². The van der Waals surface area contributed by atoms with Crippen LogP contribution in [0.1, 0.15) is 26.8 Å². The summed E-state index contributed by atoms with van der Waals surface area (Å²) < 4.78 is 2.74. The third kappa shape index (κ3) is 2.79. The third-order valence-corrected chi connectivity index (χ3v) is 3.69. The van der Waals surface area contributed by atoms with E-state index in [1.54, 1.807) is 0 Å². The van der Waals surface area contributed by atoms with Crippen molar-refractivity contribution in [3.8, 4) is 0 Å². The minimum Gasteiger partial charge on any atom is -0.340 e. The van der Waals surface area contributed by atoms with Gasteiger partial charge in [0.1, 0.15) is 0 Å². The van der Waals surface area contributed by atoms with Crippen LogP contribution in [0.2, 0.25) is 0 Å². The first-order valence-corrected chi connectivity index (χ1v) is 7.18. The Balaban J connectivity index is 2.99. The molecule has 92 valence electrons. The van der Waals surface area contributed by atoms with E-state index >= 15 is 0 Å². The maximum atomic E-state index is 5.23. The number of hydrogen-bond donors (Lipinski definition) is 1. The molecule has 6 heteroatoms. The standard InChI is InChI=1S/C10H20N4S2/c1-7(2)14-9(11-12-10(14)15)13(4)8(3)6-16-5/h7-8H,6H2,1-5H3,(H,12,15). The van der Waals surface area contributed by atoms with Crippen LogP contribution in [0.3, 0.4) is 0 Å². The van der Waals surface area contributed by atoms with Crippen molar-refractivity contribution in [2.24, 2.45) is 0 Å². The van der Waals surface area contributed by atoms with E-state index in [-0.39, 0.29) is 0 Å². The molecule has 0 fully saturated rings. The number of aromatic amines is 1. The summed E-state index contributed by atoms with van der Waals surface area (Å²) in [5.74, 6) is 2.00. The molecular formula is C10H20N4S2. The van der Waals surface area contributed by atoms with Gasteiger partial charge in [0.15, 0.2) is 4.77 Å². The first kappa shape index (κ1) is 13.6. The lowest BCUT2D eigenvalue weighted by atomic mass is 10.3. The first-order chi connectivity index (χ1) is 7.49. The lowest BCUT2D eigenvalue weighted by molar-refractivity contribution is 0.575. The van der Waals surface area contributed by atoms with E-state index in [2.05, 4.69) is 49.2 Å². The molecule has 0 radical (unpaired) electrons. The molecule has 1 N–H and O–H groups in total. The highest BCUT2D eigenvalue weighted by Gasteiger charge is 2.17. The molecule has 0 bridgehead atoms. The van der Waals surface area contributed by atoms with E-state index in [9.17, 15) is 0 Å². The van der Waals surface area contributed by atoms with Crippen molar-refractivity contribution in [3.05, 3.63) is 4.77 Å². The SMILES string of the molecule is CSCC(C)N(C)c1n[nH]c(=S)n1C(C)C. The summed E-state index contributed by atoms with van der Waals surface area (Å²) >= 11 is 7.07. The van der Waals surface area contributed by atoms with Gasteiger partial charge in [-0.15, -0.1) is 5.10 Å². The number of anilines is 1. The summed E-state index contributed by atoms with van der Waals surface area (Å²) in [7, 11) is 2.06. The molecule has 1 aromatic rings. The summed E-state index contributed by atoms with van der Waals surface area (Å²) in [6.45, 7) is 6.42. The Bertz CT molecular complexity index is 382. The number of hydrogen-bond acceptors (Lipinski definition) is 4. The van der Waals surface area contributed by atoms with Crippen LogP contribution >= 0.6 is 24.0 Å². The number of H-pyrrole nitrogens is 1. The van der Waals surface area contributed by atoms with Gasteiger partial charge in [0.2, 0.25) is 5.95 Å². The number of aromatic nitrogens is 3. The predicted octanol–water partition coefficient (Wildman–Crippen LogP) is 2.71. The minimum absolute atomic E-state index is 0.324. The monoisotopic (exact) mass is 260 g/mol. The molecule has 0 saturated heterocycles. The maximum Gasteiger partial charge on any atom is 0.225 e. The van der Waals surface area contributed by atoms with Gasteiger partial charge in [0.05, 0.1) is 0 Å². The Labute approximate surface area is 106 Å². The zero-order valence-electron chi connectivity index (χ0n) is 10.5. The van der Waals surface area contributed by atoms with E-state index in [4.69, 9.17) is 12.2 Å². The Hall–Kier alpha value is -0.490.